The summed E-state index contributed by atoms with van der Waals surface area (Å²) in [4.78, 5) is 4.40. The van der Waals surface area contributed by atoms with Crippen LogP contribution in [0.1, 0.15) is 10.6 Å². The molecule has 0 atom stereocenters. The number of hydrogen-bond acceptors (Lipinski definition) is 5. The Balaban J connectivity index is 1.80. The van der Waals surface area contributed by atoms with Crippen LogP contribution < -0.4 is 4.72 Å². The molecule has 0 aliphatic rings. The number of rotatable bonds is 5. The molecule has 3 aromatic rings. The van der Waals surface area contributed by atoms with Gasteiger partial charge in [-0.2, -0.15) is 0 Å². The third-order valence-electron chi connectivity index (χ3n) is 3.23. The zero-order valence-electron chi connectivity index (χ0n) is 12.4. The van der Waals surface area contributed by atoms with Crippen LogP contribution >= 0.6 is 11.3 Å². The van der Waals surface area contributed by atoms with Crippen LogP contribution in [0.5, 0.6) is 0 Å². The summed E-state index contributed by atoms with van der Waals surface area (Å²) in [5, 5.41) is 0.625. The van der Waals surface area contributed by atoms with Gasteiger partial charge in [-0.1, -0.05) is 0 Å². The van der Waals surface area contributed by atoms with Crippen molar-refractivity contribution in [1.82, 2.24) is 9.71 Å². The minimum atomic E-state index is -4.10. The first-order valence-corrected chi connectivity index (χ1v) is 9.11. The van der Waals surface area contributed by atoms with Gasteiger partial charge < -0.3 is 4.42 Å². The predicted octanol–water partition coefficient (Wildman–Crippen LogP) is 3.47. The van der Waals surface area contributed by atoms with E-state index in [1.807, 2.05) is 0 Å². The summed E-state index contributed by atoms with van der Waals surface area (Å²) < 4.78 is 58.5. The molecule has 1 N–H and O–H groups in total. The standard InChI is InChI=1S/C15H12F2N2O3S2/c1-9-13(23-15(19-9)12-3-2-6-22-12)8-18-24(20,21)14-5-4-10(16)7-11(14)17/h2-7,18H,8H2,1H3. The summed E-state index contributed by atoms with van der Waals surface area (Å²) in [5.74, 6) is -1.39. The van der Waals surface area contributed by atoms with Crippen molar-refractivity contribution in [2.75, 3.05) is 0 Å². The summed E-state index contributed by atoms with van der Waals surface area (Å²) in [6, 6.07) is 5.79. The van der Waals surface area contributed by atoms with Crippen LogP contribution in [-0.4, -0.2) is 13.4 Å². The van der Waals surface area contributed by atoms with Crippen molar-refractivity contribution in [3.8, 4) is 10.8 Å². The van der Waals surface area contributed by atoms with Crippen LogP contribution in [0, 0.1) is 18.6 Å². The van der Waals surface area contributed by atoms with Gasteiger partial charge in [-0.25, -0.2) is 26.9 Å². The van der Waals surface area contributed by atoms with Crippen LogP contribution in [0.25, 0.3) is 10.8 Å². The smallest absolute Gasteiger partial charge is 0.243 e. The molecular formula is C15H12F2N2O3S2. The normalized spacial score (nSPS) is 11.8. The SMILES string of the molecule is Cc1nc(-c2ccco2)sc1CNS(=O)(=O)c1ccc(F)cc1F. The highest BCUT2D eigenvalue weighted by atomic mass is 32.2. The monoisotopic (exact) mass is 370 g/mol. The Bertz CT molecular complexity index is 967. The van der Waals surface area contributed by atoms with Gasteiger partial charge in [-0.15, -0.1) is 11.3 Å². The molecule has 0 aliphatic heterocycles. The quantitative estimate of drug-likeness (QED) is 0.746. The van der Waals surface area contributed by atoms with Crippen molar-refractivity contribution in [2.45, 2.75) is 18.4 Å². The number of hydrogen-bond donors (Lipinski definition) is 1. The number of sulfonamides is 1. The average molecular weight is 370 g/mol. The van der Waals surface area contributed by atoms with Crippen molar-refractivity contribution in [3.63, 3.8) is 0 Å². The lowest BCUT2D eigenvalue weighted by atomic mass is 10.3. The Morgan fingerprint density at radius 2 is 2.08 bits per heavy atom. The van der Waals surface area contributed by atoms with Crippen LogP contribution in [0.2, 0.25) is 0 Å². The Kier molecular flexibility index (Phi) is 4.48. The molecule has 0 unspecified atom stereocenters. The second-order valence-electron chi connectivity index (χ2n) is 4.90. The lowest BCUT2D eigenvalue weighted by Crippen LogP contribution is -2.24. The number of furan rings is 1. The first kappa shape index (κ1) is 16.7. The molecule has 0 saturated heterocycles. The number of aromatic nitrogens is 1. The van der Waals surface area contributed by atoms with E-state index in [9.17, 15) is 17.2 Å². The van der Waals surface area contributed by atoms with Crippen molar-refractivity contribution in [1.29, 1.82) is 0 Å². The molecule has 0 radical (unpaired) electrons. The predicted molar refractivity (Wildman–Crippen MR) is 84.9 cm³/mol. The number of aryl methyl sites for hydroxylation is 1. The van der Waals surface area contributed by atoms with E-state index in [1.165, 1.54) is 17.6 Å². The molecular weight excluding hydrogens is 358 g/mol. The van der Waals surface area contributed by atoms with Gasteiger partial charge in [0.25, 0.3) is 0 Å². The van der Waals surface area contributed by atoms with Gasteiger partial charge in [0.2, 0.25) is 10.0 Å². The minimum absolute atomic E-state index is 0.0522. The van der Waals surface area contributed by atoms with Gasteiger partial charge in [0, 0.05) is 17.5 Å². The number of nitrogens with one attached hydrogen (secondary N) is 1. The largest absolute Gasteiger partial charge is 0.462 e. The lowest BCUT2D eigenvalue weighted by Gasteiger charge is -2.07. The first-order valence-electron chi connectivity index (χ1n) is 6.82. The van der Waals surface area contributed by atoms with Gasteiger partial charge in [0.15, 0.2) is 10.8 Å². The molecule has 126 valence electrons. The Morgan fingerprint density at radius 1 is 1.29 bits per heavy atom. The summed E-state index contributed by atoms with van der Waals surface area (Å²) in [6.45, 7) is 1.69. The molecule has 2 aromatic heterocycles. The Labute approximate surface area is 141 Å². The van der Waals surface area contributed by atoms with E-state index in [0.717, 1.165) is 12.1 Å². The van der Waals surface area contributed by atoms with Gasteiger partial charge in [-0.05, 0) is 31.2 Å². The number of thiazole rings is 1. The fraction of sp³-hybridized carbons (Fsp3) is 0.133. The highest BCUT2D eigenvalue weighted by Crippen LogP contribution is 2.28. The lowest BCUT2D eigenvalue weighted by molar-refractivity contribution is 0.543. The van der Waals surface area contributed by atoms with E-state index >= 15 is 0 Å². The summed E-state index contributed by atoms with van der Waals surface area (Å²) >= 11 is 1.27. The molecule has 0 aliphatic carbocycles. The van der Waals surface area contributed by atoms with Crippen molar-refractivity contribution in [3.05, 3.63) is 58.8 Å². The molecule has 0 saturated carbocycles. The highest BCUT2D eigenvalue weighted by molar-refractivity contribution is 7.89. The third kappa shape index (κ3) is 3.37. The van der Waals surface area contributed by atoms with Crippen LogP contribution in [0.15, 0.2) is 45.9 Å². The fourth-order valence-corrected chi connectivity index (χ4v) is 4.14. The number of nitrogens with zero attached hydrogens (tertiary/aromatic N) is 1. The molecule has 5 nitrogen and oxygen atoms in total. The number of halogens is 2. The highest BCUT2D eigenvalue weighted by Gasteiger charge is 2.20. The zero-order valence-corrected chi connectivity index (χ0v) is 14.0. The van der Waals surface area contributed by atoms with E-state index in [-0.39, 0.29) is 6.54 Å². The van der Waals surface area contributed by atoms with E-state index in [2.05, 4.69) is 9.71 Å². The van der Waals surface area contributed by atoms with Gasteiger partial charge in [-0.3, -0.25) is 0 Å². The molecule has 0 spiro atoms. The van der Waals surface area contributed by atoms with E-state index in [1.54, 1.807) is 19.1 Å². The first-order chi connectivity index (χ1) is 11.4. The third-order valence-corrected chi connectivity index (χ3v) is 5.84. The van der Waals surface area contributed by atoms with Crippen molar-refractivity contribution >= 4 is 21.4 Å². The van der Waals surface area contributed by atoms with Crippen LogP contribution in [0.3, 0.4) is 0 Å². The van der Waals surface area contributed by atoms with Crippen LogP contribution in [0.4, 0.5) is 8.78 Å². The van der Waals surface area contributed by atoms with Gasteiger partial charge in [0.1, 0.15) is 16.5 Å². The maximum atomic E-state index is 13.7. The molecule has 1 aromatic carbocycles. The number of benzene rings is 1. The van der Waals surface area contributed by atoms with E-state index < -0.39 is 26.6 Å². The van der Waals surface area contributed by atoms with Gasteiger partial charge in [0.05, 0.1) is 12.0 Å². The fourth-order valence-electron chi connectivity index (χ4n) is 2.03. The summed E-state index contributed by atoms with van der Waals surface area (Å²) in [7, 11) is -4.10. The zero-order chi connectivity index (χ0) is 17.3. The second kappa shape index (κ2) is 6.42. The Morgan fingerprint density at radius 3 is 2.75 bits per heavy atom. The molecule has 0 amide bonds. The molecule has 24 heavy (non-hydrogen) atoms. The second-order valence-corrected chi connectivity index (χ2v) is 7.72. The van der Waals surface area contributed by atoms with E-state index in [0.29, 0.717) is 27.4 Å². The molecule has 0 fully saturated rings. The maximum Gasteiger partial charge on any atom is 0.243 e. The van der Waals surface area contributed by atoms with Crippen molar-refractivity contribution < 1.29 is 21.6 Å². The summed E-state index contributed by atoms with van der Waals surface area (Å²) in [6.07, 6.45) is 1.52. The molecule has 2 heterocycles. The van der Waals surface area contributed by atoms with Gasteiger partial charge >= 0.3 is 0 Å². The molecule has 3 rings (SSSR count). The topological polar surface area (TPSA) is 72.2 Å². The van der Waals surface area contributed by atoms with Crippen molar-refractivity contribution in [2.24, 2.45) is 0 Å². The maximum absolute atomic E-state index is 13.7. The average Bonchev–Trinajstić information content (AvgIpc) is 3.14. The summed E-state index contributed by atoms with van der Waals surface area (Å²) in [5.41, 5.74) is 0.647. The Hall–Kier alpha value is -2.10. The molecule has 9 heteroatoms. The van der Waals surface area contributed by atoms with Crippen LogP contribution in [-0.2, 0) is 16.6 Å². The molecule has 0 bridgehead atoms. The van der Waals surface area contributed by atoms with E-state index in [4.69, 9.17) is 4.42 Å². The minimum Gasteiger partial charge on any atom is -0.462 e.